The lowest BCUT2D eigenvalue weighted by molar-refractivity contribution is -0.129. The van der Waals surface area contributed by atoms with Gasteiger partial charge in [-0.25, -0.2) is 0 Å². The highest BCUT2D eigenvalue weighted by molar-refractivity contribution is 5.75. The molecular weight excluding hydrogens is 202 g/mol. The van der Waals surface area contributed by atoms with Gasteiger partial charge in [0, 0.05) is 20.3 Å². The Labute approximate surface area is 97.2 Å². The molecule has 0 aliphatic carbocycles. The third-order valence-electron chi connectivity index (χ3n) is 3.09. The van der Waals surface area contributed by atoms with Crippen LogP contribution in [-0.4, -0.2) is 34.7 Å². The zero-order valence-electron chi connectivity index (χ0n) is 10.8. The smallest absolute Gasteiger partial charge is 0.243 e. The van der Waals surface area contributed by atoms with Gasteiger partial charge in [0.05, 0.1) is 6.20 Å². The molecule has 0 radical (unpaired) electrons. The Morgan fingerprint density at radius 3 is 2.62 bits per heavy atom. The van der Waals surface area contributed by atoms with Gasteiger partial charge in [-0.15, -0.1) is 0 Å². The Balaban J connectivity index is 2.76. The quantitative estimate of drug-likeness (QED) is 0.778. The van der Waals surface area contributed by atoms with Crippen molar-refractivity contribution in [3.63, 3.8) is 0 Å². The number of carbonyl (C=O) groups is 1. The molecule has 0 N–H and O–H groups in total. The molecule has 1 heterocycles. The molecule has 0 atom stereocenters. The molecule has 0 fully saturated rings. The van der Waals surface area contributed by atoms with E-state index in [-0.39, 0.29) is 11.3 Å². The van der Waals surface area contributed by atoms with Gasteiger partial charge in [-0.2, -0.15) is 5.10 Å². The highest BCUT2D eigenvalue weighted by Gasteiger charge is 2.20. The van der Waals surface area contributed by atoms with Crippen molar-refractivity contribution in [1.29, 1.82) is 0 Å². The maximum Gasteiger partial charge on any atom is 0.243 e. The summed E-state index contributed by atoms with van der Waals surface area (Å²) in [6.07, 6.45) is 4.87. The van der Waals surface area contributed by atoms with E-state index in [1.165, 1.54) is 5.56 Å². The number of aromatic nitrogens is 2. The highest BCUT2D eigenvalue weighted by atomic mass is 16.2. The van der Waals surface area contributed by atoms with E-state index in [1.54, 1.807) is 23.7 Å². The van der Waals surface area contributed by atoms with Gasteiger partial charge < -0.3 is 4.90 Å². The molecule has 1 aromatic rings. The molecule has 90 valence electrons. The first kappa shape index (κ1) is 12.7. The van der Waals surface area contributed by atoms with Crippen LogP contribution >= 0.6 is 0 Å². The summed E-state index contributed by atoms with van der Waals surface area (Å²) in [7, 11) is 3.51. The van der Waals surface area contributed by atoms with Gasteiger partial charge in [-0.1, -0.05) is 20.8 Å². The van der Waals surface area contributed by atoms with E-state index in [0.717, 1.165) is 6.42 Å². The SMILES string of the molecule is CCC(C)(C)c1cnn(CC(=O)N(C)C)c1. The molecule has 4 nitrogen and oxygen atoms in total. The normalized spacial score (nSPS) is 11.6. The Kier molecular flexibility index (Phi) is 3.73. The van der Waals surface area contributed by atoms with E-state index in [1.807, 2.05) is 12.4 Å². The second kappa shape index (κ2) is 4.68. The van der Waals surface area contributed by atoms with Gasteiger partial charge in [0.1, 0.15) is 6.54 Å². The van der Waals surface area contributed by atoms with Gasteiger partial charge >= 0.3 is 0 Å². The maximum absolute atomic E-state index is 11.5. The summed E-state index contributed by atoms with van der Waals surface area (Å²) in [5.74, 6) is 0.0592. The number of hydrogen-bond donors (Lipinski definition) is 0. The van der Waals surface area contributed by atoms with Gasteiger partial charge in [0.25, 0.3) is 0 Å². The molecule has 0 saturated heterocycles. The average Bonchev–Trinajstić information content (AvgIpc) is 2.66. The molecule has 0 aliphatic heterocycles. The molecule has 1 aromatic heterocycles. The summed E-state index contributed by atoms with van der Waals surface area (Å²) in [4.78, 5) is 13.1. The molecule has 0 aromatic carbocycles. The predicted molar refractivity (Wildman–Crippen MR) is 64.2 cm³/mol. The van der Waals surface area contributed by atoms with Gasteiger partial charge in [0.15, 0.2) is 0 Å². The van der Waals surface area contributed by atoms with Crippen LogP contribution in [0.1, 0.15) is 32.8 Å². The zero-order valence-corrected chi connectivity index (χ0v) is 10.8. The highest BCUT2D eigenvalue weighted by Crippen LogP contribution is 2.25. The van der Waals surface area contributed by atoms with Crippen LogP contribution < -0.4 is 0 Å². The Hall–Kier alpha value is -1.32. The number of carbonyl (C=O) groups excluding carboxylic acids is 1. The number of hydrogen-bond acceptors (Lipinski definition) is 2. The van der Waals surface area contributed by atoms with Crippen LogP contribution in [0.15, 0.2) is 12.4 Å². The lowest BCUT2D eigenvalue weighted by Crippen LogP contribution is -2.26. The third-order valence-corrected chi connectivity index (χ3v) is 3.09. The zero-order chi connectivity index (χ0) is 12.3. The molecule has 1 amide bonds. The Morgan fingerprint density at radius 2 is 2.12 bits per heavy atom. The van der Waals surface area contributed by atoms with Crippen LogP contribution in [0.2, 0.25) is 0 Å². The number of amides is 1. The molecule has 0 aliphatic rings. The first-order chi connectivity index (χ1) is 7.36. The molecule has 0 saturated carbocycles. The van der Waals surface area contributed by atoms with E-state index in [4.69, 9.17) is 0 Å². The first-order valence-corrected chi connectivity index (χ1v) is 5.60. The van der Waals surface area contributed by atoms with Crippen LogP contribution in [0, 0.1) is 0 Å². The van der Waals surface area contributed by atoms with Crippen LogP contribution in [0.3, 0.4) is 0 Å². The van der Waals surface area contributed by atoms with E-state index in [2.05, 4.69) is 25.9 Å². The van der Waals surface area contributed by atoms with E-state index in [9.17, 15) is 4.79 Å². The monoisotopic (exact) mass is 223 g/mol. The van der Waals surface area contributed by atoms with Crippen LogP contribution in [-0.2, 0) is 16.8 Å². The summed E-state index contributed by atoms with van der Waals surface area (Å²) >= 11 is 0. The van der Waals surface area contributed by atoms with Crippen molar-refractivity contribution in [1.82, 2.24) is 14.7 Å². The van der Waals surface area contributed by atoms with Crippen molar-refractivity contribution in [3.05, 3.63) is 18.0 Å². The van der Waals surface area contributed by atoms with Gasteiger partial charge in [-0.05, 0) is 17.4 Å². The minimum atomic E-state index is 0.0592. The second-order valence-electron chi connectivity index (χ2n) is 4.95. The minimum absolute atomic E-state index is 0.0592. The summed E-state index contributed by atoms with van der Waals surface area (Å²) in [6.45, 7) is 6.83. The summed E-state index contributed by atoms with van der Waals surface area (Å²) < 4.78 is 1.70. The number of nitrogens with zero attached hydrogens (tertiary/aromatic N) is 3. The third kappa shape index (κ3) is 2.84. The van der Waals surface area contributed by atoms with Crippen molar-refractivity contribution < 1.29 is 4.79 Å². The standard InChI is InChI=1S/C12H21N3O/c1-6-12(2,3)10-7-13-15(8-10)9-11(16)14(4)5/h7-8H,6,9H2,1-5H3. The molecule has 0 bridgehead atoms. The largest absolute Gasteiger partial charge is 0.347 e. The summed E-state index contributed by atoms with van der Waals surface area (Å²) in [5, 5.41) is 4.22. The van der Waals surface area contributed by atoms with E-state index >= 15 is 0 Å². The van der Waals surface area contributed by atoms with Crippen molar-refractivity contribution in [2.75, 3.05) is 14.1 Å². The minimum Gasteiger partial charge on any atom is -0.347 e. The van der Waals surface area contributed by atoms with Crippen LogP contribution in [0.4, 0.5) is 0 Å². The van der Waals surface area contributed by atoms with Crippen molar-refractivity contribution >= 4 is 5.91 Å². The van der Waals surface area contributed by atoms with Crippen LogP contribution in [0.25, 0.3) is 0 Å². The maximum atomic E-state index is 11.5. The number of rotatable bonds is 4. The fourth-order valence-electron chi connectivity index (χ4n) is 1.28. The second-order valence-corrected chi connectivity index (χ2v) is 4.95. The molecule has 0 spiro atoms. The lowest BCUT2D eigenvalue weighted by atomic mass is 9.84. The molecule has 1 rings (SSSR count). The fraction of sp³-hybridized carbons (Fsp3) is 0.667. The average molecular weight is 223 g/mol. The van der Waals surface area contributed by atoms with Crippen molar-refractivity contribution in [2.24, 2.45) is 0 Å². The Bertz CT molecular complexity index is 366. The van der Waals surface area contributed by atoms with Gasteiger partial charge in [0.2, 0.25) is 5.91 Å². The number of likely N-dealkylation sites (N-methyl/N-ethyl adjacent to an activating group) is 1. The predicted octanol–water partition coefficient (Wildman–Crippen LogP) is 1.66. The van der Waals surface area contributed by atoms with Crippen molar-refractivity contribution in [3.8, 4) is 0 Å². The van der Waals surface area contributed by atoms with E-state index in [0.29, 0.717) is 6.54 Å². The van der Waals surface area contributed by atoms with Gasteiger partial charge in [-0.3, -0.25) is 9.48 Å². The molecule has 4 heteroatoms. The topological polar surface area (TPSA) is 38.1 Å². The summed E-state index contributed by atoms with van der Waals surface area (Å²) in [5.41, 5.74) is 1.31. The first-order valence-electron chi connectivity index (χ1n) is 5.60. The van der Waals surface area contributed by atoms with Crippen LogP contribution in [0.5, 0.6) is 0 Å². The molecule has 0 unspecified atom stereocenters. The molecular formula is C12H21N3O. The summed E-state index contributed by atoms with van der Waals surface area (Å²) in [6, 6.07) is 0. The van der Waals surface area contributed by atoms with E-state index < -0.39 is 0 Å². The fourth-order valence-corrected chi connectivity index (χ4v) is 1.28. The lowest BCUT2D eigenvalue weighted by Gasteiger charge is -2.20. The van der Waals surface area contributed by atoms with Crippen molar-refractivity contribution in [2.45, 2.75) is 39.2 Å². The Morgan fingerprint density at radius 1 is 1.50 bits per heavy atom. The molecule has 16 heavy (non-hydrogen) atoms.